The Balaban J connectivity index is 5.41. The zero-order valence-electron chi connectivity index (χ0n) is 20.1. The maximum Gasteiger partial charge on any atom is 0.370 e. The van der Waals surface area contributed by atoms with Gasteiger partial charge < -0.3 is 28.6 Å². The third-order valence-corrected chi connectivity index (χ3v) is 4.00. The predicted molar refractivity (Wildman–Crippen MR) is 111 cm³/mol. The molecular weight excluding hydrogens is 428 g/mol. The van der Waals surface area contributed by atoms with Gasteiger partial charge in [0.25, 0.3) is 0 Å². The van der Waals surface area contributed by atoms with Crippen LogP contribution in [0.2, 0.25) is 0 Å². The molecule has 0 heterocycles. The lowest BCUT2D eigenvalue weighted by atomic mass is 9.95. The minimum Gasteiger partial charge on any atom is -0.469 e. The van der Waals surface area contributed by atoms with Crippen molar-refractivity contribution in [3.05, 3.63) is 0 Å². The van der Waals surface area contributed by atoms with Gasteiger partial charge in [-0.15, -0.1) is 0 Å². The molecule has 0 aliphatic rings. The van der Waals surface area contributed by atoms with Crippen LogP contribution in [0.3, 0.4) is 0 Å². The van der Waals surface area contributed by atoms with E-state index < -0.39 is 54.5 Å². The molecule has 12 nitrogen and oxygen atoms in total. The number of rotatable bonds is 14. The first kappa shape index (κ1) is 29.7. The van der Waals surface area contributed by atoms with Gasteiger partial charge in [0.1, 0.15) is 6.61 Å². The van der Waals surface area contributed by atoms with Crippen molar-refractivity contribution in [2.24, 2.45) is 0 Å². The minimum atomic E-state index is -2.33. The Morgan fingerprint density at radius 1 is 0.781 bits per heavy atom. The van der Waals surface area contributed by atoms with Gasteiger partial charge in [-0.2, -0.15) is 11.0 Å². The minimum absolute atomic E-state index is 0.321. The van der Waals surface area contributed by atoms with Crippen molar-refractivity contribution in [3.63, 3.8) is 0 Å². The van der Waals surface area contributed by atoms with Gasteiger partial charge in [0.2, 0.25) is 5.60 Å². The Labute approximate surface area is 188 Å². The molecule has 0 rings (SSSR count). The van der Waals surface area contributed by atoms with E-state index in [0.29, 0.717) is 13.0 Å². The van der Waals surface area contributed by atoms with E-state index in [1.54, 1.807) is 13.8 Å². The van der Waals surface area contributed by atoms with Gasteiger partial charge in [-0.05, 0) is 41.0 Å². The molecule has 0 aromatic heterocycles. The monoisotopic (exact) mass is 464 g/mol. The summed E-state index contributed by atoms with van der Waals surface area (Å²) >= 11 is 0. The van der Waals surface area contributed by atoms with Crippen molar-refractivity contribution < 1.29 is 47.8 Å². The number of methoxy groups -OCH3 is 1. The standard InChI is InChI=1S/C20H36N2O10/c1-18(2,3)28-10-9-19(4,5)29-13-16(25)30-20(11-14(23)27-8,17(26)32-22-7)12-15(24)31-21-6/h21-22H,9-13H2,1-8H3. The highest BCUT2D eigenvalue weighted by Crippen LogP contribution is 2.26. The van der Waals surface area contributed by atoms with E-state index in [1.165, 1.54) is 14.1 Å². The third-order valence-electron chi connectivity index (χ3n) is 4.00. The van der Waals surface area contributed by atoms with Gasteiger partial charge in [-0.1, -0.05) is 0 Å². The molecule has 0 spiro atoms. The van der Waals surface area contributed by atoms with Crippen LogP contribution in [0.4, 0.5) is 0 Å². The molecule has 0 bridgehead atoms. The summed E-state index contributed by atoms with van der Waals surface area (Å²) in [4.78, 5) is 58.4. The highest BCUT2D eigenvalue weighted by molar-refractivity contribution is 5.92. The molecule has 0 saturated carbocycles. The molecule has 0 amide bonds. The topological polar surface area (TPSA) is 148 Å². The molecule has 0 aromatic carbocycles. The Bertz CT molecular complexity index is 645. The Kier molecular flexibility index (Phi) is 12.4. The van der Waals surface area contributed by atoms with E-state index in [2.05, 4.69) is 20.5 Å². The average molecular weight is 465 g/mol. The second-order valence-electron chi connectivity index (χ2n) is 8.43. The summed E-state index contributed by atoms with van der Waals surface area (Å²) in [5, 5.41) is 0. The molecule has 0 aliphatic heterocycles. The van der Waals surface area contributed by atoms with Crippen LogP contribution < -0.4 is 11.0 Å². The fourth-order valence-corrected chi connectivity index (χ4v) is 2.37. The summed E-state index contributed by atoms with van der Waals surface area (Å²) in [7, 11) is 3.67. The number of hydrogen-bond acceptors (Lipinski definition) is 12. The molecule has 0 aliphatic carbocycles. The van der Waals surface area contributed by atoms with E-state index in [4.69, 9.17) is 19.0 Å². The molecular formula is C20H36N2O10. The van der Waals surface area contributed by atoms with Crippen molar-refractivity contribution in [3.8, 4) is 0 Å². The maximum absolute atomic E-state index is 12.6. The van der Waals surface area contributed by atoms with Crippen LogP contribution >= 0.6 is 0 Å². The Morgan fingerprint density at radius 3 is 1.84 bits per heavy atom. The number of ether oxygens (including phenoxy) is 4. The Morgan fingerprint density at radius 2 is 1.34 bits per heavy atom. The highest BCUT2D eigenvalue weighted by Gasteiger charge is 2.49. The van der Waals surface area contributed by atoms with E-state index >= 15 is 0 Å². The number of nitrogens with one attached hydrogen (secondary N) is 2. The molecule has 0 aromatic rings. The number of hydroxylamine groups is 2. The summed E-state index contributed by atoms with van der Waals surface area (Å²) in [5.74, 6) is -4.07. The van der Waals surface area contributed by atoms with E-state index in [-0.39, 0.29) is 5.60 Å². The lowest BCUT2D eigenvalue weighted by molar-refractivity contribution is -0.199. The molecule has 12 heteroatoms. The first-order valence-corrected chi connectivity index (χ1v) is 10.0. The molecule has 0 fully saturated rings. The van der Waals surface area contributed by atoms with Gasteiger partial charge >= 0.3 is 23.9 Å². The summed E-state index contributed by atoms with van der Waals surface area (Å²) in [6, 6.07) is 0. The van der Waals surface area contributed by atoms with Gasteiger partial charge in [0.15, 0.2) is 0 Å². The molecule has 186 valence electrons. The lowest BCUT2D eigenvalue weighted by Gasteiger charge is -2.30. The fraction of sp³-hybridized carbons (Fsp3) is 0.800. The molecule has 1 atom stereocenters. The van der Waals surface area contributed by atoms with E-state index in [9.17, 15) is 19.2 Å². The van der Waals surface area contributed by atoms with Gasteiger partial charge in [-0.25, -0.2) is 9.59 Å². The summed E-state index contributed by atoms with van der Waals surface area (Å²) in [6.07, 6.45) is -1.11. The summed E-state index contributed by atoms with van der Waals surface area (Å²) in [6.45, 7) is 9.11. The van der Waals surface area contributed by atoms with Gasteiger partial charge in [0, 0.05) is 20.7 Å². The normalized spacial score (nSPS) is 13.6. The van der Waals surface area contributed by atoms with Crippen LogP contribution in [0.5, 0.6) is 0 Å². The number of hydrogen-bond donors (Lipinski definition) is 2. The maximum atomic E-state index is 12.6. The Hall–Kier alpha value is -2.28. The van der Waals surface area contributed by atoms with Crippen molar-refractivity contribution >= 4 is 23.9 Å². The average Bonchev–Trinajstić information content (AvgIpc) is 2.65. The van der Waals surface area contributed by atoms with Crippen LogP contribution in [0, 0.1) is 0 Å². The zero-order valence-corrected chi connectivity index (χ0v) is 20.1. The zero-order chi connectivity index (χ0) is 25.0. The lowest BCUT2D eigenvalue weighted by Crippen LogP contribution is -2.50. The predicted octanol–water partition coefficient (Wildman–Crippen LogP) is 0.577. The SMILES string of the molecule is CNOC(=O)CC(CC(=O)OC)(OC(=O)COC(C)(C)CCOC(C)(C)C)C(=O)ONC. The first-order valence-electron chi connectivity index (χ1n) is 10.0. The smallest absolute Gasteiger partial charge is 0.370 e. The van der Waals surface area contributed by atoms with E-state index in [1.807, 2.05) is 20.8 Å². The number of esters is 2. The first-order chi connectivity index (χ1) is 14.7. The molecule has 0 saturated heterocycles. The van der Waals surface area contributed by atoms with Crippen LogP contribution in [-0.2, 0) is 47.8 Å². The van der Waals surface area contributed by atoms with E-state index in [0.717, 1.165) is 7.11 Å². The number of carbonyl (C=O) groups is 4. The number of carbonyl (C=O) groups excluding carboxylic acids is 4. The van der Waals surface area contributed by atoms with Gasteiger partial charge in [-0.3, -0.25) is 9.59 Å². The summed E-state index contributed by atoms with van der Waals surface area (Å²) < 4.78 is 21.1. The molecule has 32 heavy (non-hydrogen) atoms. The van der Waals surface area contributed by atoms with Crippen molar-refractivity contribution in [2.45, 2.75) is 70.7 Å². The van der Waals surface area contributed by atoms with Crippen LogP contribution in [0.25, 0.3) is 0 Å². The second-order valence-corrected chi connectivity index (χ2v) is 8.43. The molecule has 0 radical (unpaired) electrons. The quantitative estimate of drug-likeness (QED) is 0.210. The van der Waals surface area contributed by atoms with Gasteiger partial charge in [0.05, 0.1) is 31.2 Å². The second kappa shape index (κ2) is 13.3. The van der Waals surface area contributed by atoms with Crippen LogP contribution in [-0.4, -0.2) is 75.1 Å². The molecule has 1 unspecified atom stereocenters. The highest BCUT2D eigenvalue weighted by atomic mass is 16.7. The fourth-order valence-electron chi connectivity index (χ4n) is 2.37. The van der Waals surface area contributed by atoms with Crippen molar-refractivity contribution in [1.29, 1.82) is 0 Å². The van der Waals surface area contributed by atoms with Crippen molar-refractivity contribution in [2.75, 3.05) is 34.4 Å². The third kappa shape index (κ3) is 11.9. The van der Waals surface area contributed by atoms with Crippen molar-refractivity contribution in [1.82, 2.24) is 11.0 Å². The summed E-state index contributed by atoms with van der Waals surface area (Å²) in [5.41, 5.74) is 0.866. The van der Waals surface area contributed by atoms with Crippen LogP contribution in [0.15, 0.2) is 0 Å². The molecule has 2 N–H and O–H groups in total. The largest absolute Gasteiger partial charge is 0.469 e. The van der Waals surface area contributed by atoms with Crippen LogP contribution in [0.1, 0.15) is 53.9 Å².